The predicted octanol–water partition coefficient (Wildman–Crippen LogP) is 1.41. The van der Waals surface area contributed by atoms with E-state index in [1.807, 2.05) is 24.3 Å². The number of benzene rings is 1. The number of hydrogen-bond donors (Lipinski definition) is 4. The number of carbonyl (C=O) groups is 5. The first kappa shape index (κ1) is 24.6. The molecule has 0 radical (unpaired) electrons. The molecule has 200 valence electrons. The Morgan fingerprint density at radius 2 is 1.87 bits per heavy atom. The van der Waals surface area contributed by atoms with Gasteiger partial charge in [0.25, 0.3) is 11.8 Å². The number of ketones is 1. The Labute approximate surface area is 220 Å². The average Bonchev–Trinajstić information content (AvgIpc) is 3.80. The van der Waals surface area contributed by atoms with E-state index in [1.54, 1.807) is 11.0 Å². The Morgan fingerprint density at radius 3 is 2.55 bits per heavy atom. The molecule has 3 heterocycles. The van der Waals surface area contributed by atoms with Gasteiger partial charge in [-0.1, -0.05) is 18.2 Å². The number of nitrogens with one attached hydrogen (secondary N) is 4. The molecular weight excluding hydrogens is 486 g/mol. The lowest BCUT2D eigenvalue weighted by molar-refractivity contribution is -0.141. The van der Waals surface area contributed by atoms with Gasteiger partial charge in [-0.05, 0) is 68.9 Å². The molecule has 0 bridgehead atoms. The lowest BCUT2D eigenvalue weighted by Crippen LogP contribution is -2.58. The molecule has 10 nitrogen and oxygen atoms in total. The van der Waals surface area contributed by atoms with Crippen LogP contribution in [0.1, 0.15) is 61.9 Å². The van der Waals surface area contributed by atoms with Crippen molar-refractivity contribution in [1.82, 2.24) is 25.8 Å². The number of amides is 4. The molecule has 2 aliphatic heterocycles. The molecule has 6 rings (SSSR count). The Hall–Kier alpha value is -3.69. The molecule has 1 spiro atoms. The number of piperidine rings is 1. The molecule has 2 aliphatic carbocycles. The molecule has 38 heavy (non-hydrogen) atoms. The number of nitrogens with zero attached hydrogens (tertiary/aromatic N) is 1. The van der Waals surface area contributed by atoms with E-state index in [0.29, 0.717) is 31.6 Å². The summed E-state index contributed by atoms with van der Waals surface area (Å²) < 4.78 is 0. The number of aromatic amines is 1. The molecule has 10 heteroatoms. The van der Waals surface area contributed by atoms with E-state index in [9.17, 15) is 24.0 Å². The summed E-state index contributed by atoms with van der Waals surface area (Å²) >= 11 is 0. The highest BCUT2D eigenvalue weighted by Gasteiger charge is 2.51. The molecular formula is C28H33N5O5. The fourth-order valence-electron chi connectivity index (χ4n) is 5.88. The van der Waals surface area contributed by atoms with Crippen molar-refractivity contribution in [2.24, 2.45) is 11.3 Å². The van der Waals surface area contributed by atoms with Crippen LogP contribution in [0.15, 0.2) is 30.3 Å². The summed E-state index contributed by atoms with van der Waals surface area (Å²) in [5.41, 5.74) is 1.30. The number of para-hydroxylation sites is 1. The second-order valence-corrected chi connectivity index (χ2v) is 11.4. The second kappa shape index (κ2) is 9.56. The van der Waals surface area contributed by atoms with Gasteiger partial charge in [-0.3, -0.25) is 24.0 Å². The summed E-state index contributed by atoms with van der Waals surface area (Å²) in [6.07, 6.45) is 5.63. The highest BCUT2D eigenvalue weighted by molar-refractivity contribution is 6.38. The Morgan fingerprint density at radius 1 is 1.08 bits per heavy atom. The highest BCUT2D eigenvalue weighted by Crippen LogP contribution is 2.55. The van der Waals surface area contributed by atoms with Crippen LogP contribution in [0.4, 0.5) is 0 Å². The standard InChI is InChI=1S/C28H33N5O5/c34-23(26(37)30-18-5-6-18)20(14-17-7-11-29-24(17)35)32-25(36)22-15-28(8-9-28)10-12-33(22)27(38)21-13-16-3-1-2-4-19(16)31-21/h1-4,13,17-18,20,22,31H,5-12,14-15H2,(H,29,35)(H,30,37)(H,32,36)/t17-,20-,22-/m0/s1. The van der Waals surface area contributed by atoms with Gasteiger partial charge < -0.3 is 25.8 Å². The number of H-pyrrole nitrogens is 1. The second-order valence-electron chi connectivity index (χ2n) is 11.4. The number of rotatable bonds is 8. The van der Waals surface area contributed by atoms with E-state index in [2.05, 4.69) is 20.9 Å². The maximum absolute atomic E-state index is 13.8. The van der Waals surface area contributed by atoms with E-state index in [-0.39, 0.29) is 29.7 Å². The lowest BCUT2D eigenvalue weighted by atomic mass is 9.86. The van der Waals surface area contributed by atoms with Crippen LogP contribution in [0.2, 0.25) is 0 Å². The third kappa shape index (κ3) is 4.91. The van der Waals surface area contributed by atoms with Crippen molar-refractivity contribution < 1.29 is 24.0 Å². The SMILES string of the molecule is O=C(NC1CC1)C(=O)[C@H](C[C@@H]1CCNC1=O)NC(=O)[C@@H]1CC2(CCN1C(=O)c1cc3ccccc3[nH]1)CC2. The largest absolute Gasteiger partial charge is 0.356 e. The van der Waals surface area contributed by atoms with Crippen molar-refractivity contribution in [1.29, 1.82) is 0 Å². The molecule has 2 saturated heterocycles. The van der Waals surface area contributed by atoms with E-state index >= 15 is 0 Å². The van der Waals surface area contributed by atoms with Crippen molar-refractivity contribution in [2.75, 3.05) is 13.1 Å². The summed E-state index contributed by atoms with van der Waals surface area (Å²) in [4.78, 5) is 70.2. The molecule has 2 aromatic rings. The minimum Gasteiger partial charge on any atom is -0.356 e. The topological polar surface area (TPSA) is 140 Å². The summed E-state index contributed by atoms with van der Waals surface area (Å²) in [7, 11) is 0. The molecule has 2 saturated carbocycles. The lowest BCUT2D eigenvalue weighted by Gasteiger charge is -2.39. The first-order valence-corrected chi connectivity index (χ1v) is 13.6. The highest BCUT2D eigenvalue weighted by atomic mass is 16.2. The normalized spacial score (nSPS) is 24.6. The van der Waals surface area contributed by atoms with Gasteiger partial charge in [0.2, 0.25) is 17.6 Å². The zero-order chi connectivity index (χ0) is 26.4. The summed E-state index contributed by atoms with van der Waals surface area (Å²) in [5, 5.41) is 9.17. The third-order valence-corrected chi connectivity index (χ3v) is 8.62. The number of aromatic nitrogens is 1. The molecule has 0 unspecified atom stereocenters. The maximum atomic E-state index is 13.8. The van der Waals surface area contributed by atoms with Crippen LogP contribution in [-0.2, 0) is 19.2 Å². The number of likely N-dealkylation sites (tertiary alicyclic amines) is 1. The van der Waals surface area contributed by atoms with Crippen LogP contribution in [0.5, 0.6) is 0 Å². The minimum absolute atomic E-state index is 0.00456. The van der Waals surface area contributed by atoms with Crippen LogP contribution in [-0.4, -0.2) is 70.5 Å². The third-order valence-electron chi connectivity index (χ3n) is 8.62. The van der Waals surface area contributed by atoms with E-state index in [4.69, 9.17) is 0 Å². The predicted molar refractivity (Wildman–Crippen MR) is 138 cm³/mol. The zero-order valence-corrected chi connectivity index (χ0v) is 21.3. The van der Waals surface area contributed by atoms with Crippen LogP contribution in [0, 0.1) is 11.3 Å². The van der Waals surface area contributed by atoms with Crippen molar-refractivity contribution >= 4 is 40.3 Å². The maximum Gasteiger partial charge on any atom is 0.289 e. The van der Waals surface area contributed by atoms with Gasteiger partial charge in [-0.25, -0.2) is 0 Å². The molecule has 4 fully saturated rings. The molecule has 1 aromatic heterocycles. The smallest absolute Gasteiger partial charge is 0.289 e. The van der Waals surface area contributed by atoms with Crippen LogP contribution in [0.3, 0.4) is 0 Å². The van der Waals surface area contributed by atoms with Gasteiger partial charge in [0.15, 0.2) is 0 Å². The van der Waals surface area contributed by atoms with Crippen LogP contribution in [0.25, 0.3) is 10.9 Å². The minimum atomic E-state index is -1.13. The van der Waals surface area contributed by atoms with Gasteiger partial charge >= 0.3 is 0 Å². The number of fused-ring (bicyclic) bond motifs is 1. The molecule has 4 N–H and O–H groups in total. The van der Waals surface area contributed by atoms with E-state index in [0.717, 1.165) is 43.0 Å². The quantitative estimate of drug-likeness (QED) is 0.391. The fraction of sp³-hybridized carbons (Fsp3) is 0.536. The first-order valence-electron chi connectivity index (χ1n) is 13.6. The molecule has 4 aliphatic rings. The number of carbonyl (C=O) groups excluding carboxylic acids is 5. The van der Waals surface area contributed by atoms with Gasteiger partial charge in [-0.2, -0.15) is 0 Å². The van der Waals surface area contributed by atoms with Gasteiger partial charge in [-0.15, -0.1) is 0 Å². The van der Waals surface area contributed by atoms with Crippen molar-refractivity contribution in [3.63, 3.8) is 0 Å². The Bertz CT molecular complexity index is 1280. The Balaban J connectivity index is 1.23. The van der Waals surface area contributed by atoms with Crippen LogP contribution >= 0.6 is 0 Å². The van der Waals surface area contributed by atoms with Crippen molar-refractivity contribution in [3.05, 3.63) is 36.0 Å². The fourth-order valence-corrected chi connectivity index (χ4v) is 5.88. The monoisotopic (exact) mass is 519 g/mol. The Kier molecular flexibility index (Phi) is 6.20. The number of hydrogen-bond acceptors (Lipinski definition) is 5. The zero-order valence-electron chi connectivity index (χ0n) is 21.3. The van der Waals surface area contributed by atoms with E-state index in [1.165, 1.54) is 0 Å². The molecule has 3 atom stereocenters. The van der Waals surface area contributed by atoms with Gasteiger partial charge in [0, 0.05) is 36.0 Å². The van der Waals surface area contributed by atoms with Gasteiger partial charge in [0.1, 0.15) is 11.7 Å². The molecule has 4 amide bonds. The summed E-state index contributed by atoms with van der Waals surface area (Å²) in [6.45, 7) is 0.947. The number of Topliss-reactive ketones (excluding diaryl/α,β-unsaturated/α-hetero) is 1. The van der Waals surface area contributed by atoms with Crippen LogP contribution < -0.4 is 16.0 Å². The van der Waals surface area contributed by atoms with Crippen molar-refractivity contribution in [2.45, 2.75) is 69.5 Å². The summed E-state index contributed by atoms with van der Waals surface area (Å²) in [6, 6.07) is 7.51. The van der Waals surface area contributed by atoms with Crippen molar-refractivity contribution in [3.8, 4) is 0 Å². The summed E-state index contributed by atoms with van der Waals surface area (Å²) in [5.74, 6) is -2.81. The van der Waals surface area contributed by atoms with Gasteiger partial charge in [0.05, 0.1) is 6.04 Å². The average molecular weight is 520 g/mol. The first-order chi connectivity index (χ1) is 18.3. The van der Waals surface area contributed by atoms with E-state index < -0.39 is 35.6 Å². The molecule has 1 aromatic carbocycles.